The van der Waals surface area contributed by atoms with Crippen LogP contribution in [-0.4, -0.2) is 10.2 Å². The van der Waals surface area contributed by atoms with E-state index in [2.05, 4.69) is 6.92 Å². The van der Waals surface area contributed by atoms with Crippen molar-refractivity contribution in [1.82, 2.24) is 0 Å². The summed E-state index contributed by atoms with van der Waals surface area (Å²) < 4.78 is 0. The molecule has 2 rings (SSSR count). The molecule has 21 heavy (non-hydrogen) atoms. The van der Waals surface area contributed by atoms with Crippen LogP contribution in [0.2, 0.25) is 10.0 Å². The molecule has 0 radical (unpaired) electrons. The van der Waals surface area contributed by atoms with Gasteiger partial charge in [0.2, 0.25) is 0 Å². The third-order valence-corrected chi connectivity index (χ3v) is 3.72. The van der Waals surface area contributed by atoms with Gasteiger partial charge in [-0.05, 0) is 36.6 Å². The molecule has 0 amide bonds. The second-order valence-corrected chi connectivity index (χ2v) is 5.44. The lowest BCUT2D eigenvalue weighted by molar-refractivity contribution is 0.474. The monoisotopic (exact) mass is 326 g/mol. The largest absolute Gasteiger partial charge is 0.506 e. The Morgan fingerprint density at radius 2 is 1.52 bits per heavy atom. The van der Waals surface area contributed by atoms with Crippen LogP contribution in [0.25, 0.3) is 0 Å². The van der Waals surface area contributed by atoms with Crippen LogP contribution in [0.3, 0.4) is 0 Å². The smallest absolute Gasteiger partial charge is 0.134 e. The van der Waals surface area contributed by atoms with Crippen LogP contribution in [0, 0.1) is 0 Å². The van der Waals surface area contributed by atoms with Crippen LogP contribution >= 0.6 is 23.2 Å². The first-order valence-electron chi connectivity index (χ1n) is 6.96. The molecule has 2 nitrogen and oxygen atoms in total. The summed E-state index contributed by atoms with van der Waals surface area (Å²) in [5.74, 6) is 0.324. The predicted molar refractivity (Wildman–Crippen MR) is 89.5 cm³/mol. The molecule has 0 saturated heterocycles. The highest BCUT2D eigenvalue weighted by Crippen LogP contribution is 2.27. The minimum atomic E-state index is 0.133. The zero-order chi connectivity index (χ0) is 15.7. The molecule has 2 N–H and O–H groups in total. The fraction of sp³-hybridized carbons (Fsp3) is 0.294. The number of halogens is 2. The number of unbranched alkanes of at least 4 members (excludes halogenated alkanes) is 2. The van der Waals surface area contributed by atoms with E-state index in [9.17, 15) is 5.11 Å². The molecule has 0 aromatic heterocycles. The molecule has 0 atom stereocenters. The molecule has 0 saturated carbocycles. The number of phenols is 2. The van der Waals surface area contributed by atoms with Crippen molar-refractivity contribution in [3.8, 4) is 11.5 Å². The lowest BCUT2D eigenvalue weighted by Gasteiger charge is -2.04. The molecular formula is C17H20Cl2O2. The van der Waals surface area contributed by atoms with E-state index in [1.165, 1.54) is 12.8 Å². The average molecular weight is 327 g/mol. The van der Waals surface area contributed by atoms with E-state index >= 15 is 0 Å². The molecule has 0 heterocycles. The Hall–Kier alpha value is -1.38. The van der Waals surface area contributed by atoms with E-state index in [4.69, 9.17) is 28.3 Å². The quantitative estimate of drug-likeness (QED) is 0.694. The van der Waals surface area contributed by atoms with Gasteiger partial charge in [0.1, 0.15) is 11.5 Å². The summed E-state index contributed by atoms with van der Waals surface area (Å²) in [6, 6.07) is 12.1. The lowest BCUT2D eigenvalue weighted by Crippen LogP contribution is -1.86. The number of aryl methyl sites for hydroxylation is 1. The van der Waals surface area contributed by atoms with Gasteiger partial charge in [-0.3, -0.25) is 0 Å². The van der Waals surface area contributed by atoms with Gasteiger partial charge in [0.15, 0.2) is 0 Å². The van der Waals surface area contributed by atoms with Crippen molar-refractivity contribution in [3.05, 3.63) is 58.1 Å². The fourth-order valence-corrected chi connectivity index (χ4v) is 2.13. The molecule has 2 aromatic rings. The van der Waals surface area contributed by atoms with E-state index in [0.717, 1.165) is 18.4 Å². The van der Waals surface area contributed by atoms with E-state index in [-0.39, 0.29) is 11.5 Å². The number of para-hydroxylation sites is 1. The van der Waals surface area contributed by atoms with Gasteiger partial charge in [0.25, 0.3) is 0 Å². The number of hydrogen-bond donors (Lipinski definition) is 2. The van der Waals surface area contributed by atoms with Crippen molar-refractivity contribution in [1.29, 1.82) is 0 Å². The molecule has 0 unspecified atom stereocenters. The van der Waals surface area contributed by atoms with Crippen molar-refractivity contribution in [3.63, 3.8) is 0 Å². The van der Waals surface area contributed by atoms with E-state index in [0.29, 0.717) is 10.0 Å². The topological polar surface area (TPSA) is 40.5 Å². The Balaban J connectivity index is 0.000000235. The zero-order valence-corrected chi connectivity index (χ0v) is 13.5. The van der Waals surface area contributed by atoms with E-state index in [1.807, 2.05) is 12.1 Å². The maximum absolute atomic E-state index is 9.32. The highest BCUT2D eigenvalue weighted by molar-refractivity contribution is 6.32. The van der Waals surface area contributed by atoms with Crippen LogP contribution in [0.5, 0.6) is 11.5 Å². The number of phenolic OH excluding ortho intramolecular Hbond substituents is 2. The van der Waals surface area contributed by atoms with Crippen LogP contribution in [0.4, 0.5) is 0 Å². The van der Waals surface area contributed by atoms with Crippen LogP contribution < -0.4 is 0 Å². The third-order valence-electron chi connectivity index (χ3n) is 2.96. The van der Waals surface area contributed by atoms with Crippen molar-refractivity contribution < 1.29 is 10.2 Å². The second kappa shape index (κ2) is 9.54. The highest BCUT2D eigenvalue weighted by atomic mass is 35.5. The van der Waals surface area contributed by atoms with E-state index < -0.39 is 0 Å². The Morgan fingerprint density at radius 3 is 2.10 bits per heavy atom. The summed E-state index contributed by atoms with van der Waals surface area (Å²) in [6.45, 7) is 2.17. The lowest BCUT2D eigenvalue weighted by atomic mass is 10.1. The molecule has 0 spiro atoms. The molecule has 0 bridgehead atoms. The predicted octanol–water partition coefficient (Wildman–Crippen LogP) is 5.82. The molecule has 0 fully saturated rings. The Kier molecular flexibility index (Phi) is 8.03. The van der Waals surface area contributed by atoms with Crippen molar-refractivity contribution in [2.75, 3.05) is 0 Å². The molecule has 0 aliphatic rings. The van der Waals surface area contributed by atoms with Gasteiger partial charge >= 0.3 is 0 Å². The minimum absolute atomic E-state index is 0.133. The number of rotatable bonds is 4. The number of hydrogen-bond acceptors (Lipinski definition) is 2. The molecule has 0 aliphatic heterocycles. The van der Waals surface area contributed by atoms with Crippen molar-refractivity contribution in [2.24, 2.45) is 0 Å². The first kappa shape index (κ1) is 17.7. The van der Waals surface area contributed by atoms with Crippen LogP contribution in [0.15, 0.2) is 42.5 Å². The second-order valence-electron chi connectivity index (χ2n) is 4.66. The number of benzene rings is 2. The maximum Gasteiger partial charge on any atom is 0.134 e. The summed E-state index contributed by atoms with van der Waals surface area (Å²) in [6.07, 6.45) is 4.52. The van der Waals surface area contributed by atoms with Gasteiger partial charge < -0.3 is 10.2 Å². The van der Waals surface area contributed by atoms with Gasteiger partial charge in [0, 0.05) is 0 Å². The van der Waals surface area contributed by atoms with Gasteiger partial charge in [-0.25, -0.2) is 0 Å². The molecular weight excluding hydrogens is 307 g/mol. The van der Waals surface area contributed by atoms with Crippen molar-refractivity contribution in [2.45, 2.75) is 32.6 Å². The minimum Gasteiger partial charge on any atom is -0.506 e. The van der Waals surface area contributed by atoms with E-state index in [1.54, 1.807) is 30.3 Å². The Morgan fingerprint density at radius 1 is 0.857 bits per heavy atom. The molecule has 4 heteroatoms. The normalized spacial score (nSPS) is 9.86. The van der Waals surface area contributed by atoms with Gasteiger partial charge in [-0.2, -0.15) is 0 Å². The van der Waals surface area contributed by atoms with Gasteiger partial charge in [0.05, 0.1) is 10.0 Å². The standard InChI is InChI=1S/C11H15ClO.C6H5ClO/c1-2-3-4-6-9-7-5-8-10(13)11(9)12;7-5-3-1-2-4-6(5)8/h5,7-8,13H,2-4,6H2,1H3;1-4,8H. The first-order chi connectivity index (χ1) is 10.1. The zero-order valence-electron chi connectivity index (χ0n) is 12.0. The summed E-state index contributed by atoms with van der Waals surface area (Å²) in [7, 11) is 0. The third kappa shape index (κ3) is 6.28. The van der Waals surface area contributed by atoms with Crippen molar-refractivity contribution >= 4 is 23.2 Å². The Bertz CT molecular complexity index is 535. The molecule has 114 valence electrons. The maximum atomic E-state index is 9.32. The summed E-state index contributed by atoms with van der Waals surface area (Å²) >= 11 is 11.4. The summed E-state index contributed by atoms with van der Waals surface area (Å²) in [5, 5.41) is 19.0. The van der Waals surface area contributed by atoms with Crippen LogP contribution in [-0.2, 0) is 6.42 Å². The fourth-order valence-electron chi connectivity index (χ4n) is 1.78. The molecule has 2 aromatic carbocycles. The SMILES string of the molecule is CCCCCc1cccc(O)c1Cl.Oc1ccccc1Cl. The summed E-state index contributed by atoms with van der Waals surface area (Å²) in [5.41, 5.74) is 1.05. The first-order valence-corrected chi connectivity index (χ1v) is 7.71. The summed E-state index contributed by atoms with van der Waals surface area (Å²) in [4.78, 5) is 0. The van der Waals surface area contributed by atoms with Crippen LogP contribution in [0.1, 0.15) is 31.7 Å². The molecule has 0 aliphatic carbocycles. The van der Waals surface area contributed by atoms with Gasteiger partial charge in [-0.1, -0.05) is 67.2 Å². The average Bonchev–Trinajstić information content (AvgIpc) is 2.48. The van der Waals surface area contributed by atoms with Gasteiger partial charge in [-0.15, -0.1) is 0 Å². The number of aromatic hydroxyl groups is 2. The highest BCUT2D eigenvalue weighted by Gasteiger charge is 2.03. The Labute approximate surface area is 136 Å².